The van der Waals surface area contributed by atoms with Crippen molar-refractivity contribution in [2.24, 2.45) is 14.1 Å². The zero-order valence-corrected chi connectivity index (χ0v) is 14.0. The molecule has 5 heteroatoms. The van der Waals surface area contributed by atoms with Gasteiger partial charge in [-0.3, -0.25) is 9.36 Å². The van der Waals surface area contributed by atoms with E-state index in [1.807, 2.05) is 38.4 Å². The first kappa shape index (κ1) is 16.2. The van der Waals surface area contributed by atoms with Crippen molar-refractivity contribution in [2.75, 3.05) is 14.1 Å². The fraction of sp³-hybridized carbons (Fsp3) is 0.412. The molecule has 0 amide bonds. The molecule has 5 nitrogen and oxygen atoms in total. The first-order valence-corrected chi connectivity index (χ1v) is 7.29. The van der Waals surface area contributed by atoms with Crippen molar-refractivity contribution in [3.8, 4) is 11.1 Å². The van der Waals surface area contributed by atoms with Crippen molar-refractivity contribution >= 4 is 0 Å². The summed E-state index contributed by atoms with van der Waals surface area (Å²) in [6.07, 6.45) is 0. The van der Waals surface area contributed by atoms with E-state index >= 15 is 0 Å². The maximum Gasteiger partial charge on any atom is 0.330 e. The standard InChI is InChI=1S/C17H23N3O2/c1-11(18(3)4)13-7-9-14(10-8-13)15-12(2)19(5)17(22)20(6)16(15)21/h7-11H,1-6H3/t11-/m1/s1. The first-order chi connectivity index (χ1) is 10.3. The van der Waals surface area contributed by atoms with E-state index in [2.05, 4.69) is 11.8 Å². The van der Waals surface area contributed by atoms with E-state index in [4.69, 9.17) is 0 Å². The average molecular weight is 301 g/mol. The molecule has 118 valence electrons. The molecule has 0 aliphatic heterocycles. The fourth-order valence-electron chi connectivity index (χ4n) is 2.50. The van der Waals surface area contributed by atoms with Crippen LogP contribution in [0.5, 0.6) is 0 Å². The van der Waals surface area contributed by atoms with Crippen LogP contribution in [0.4, 0.5) is 0 Å². The lowest BCUT2D eigenvalue weighted by Gasteiger charge is -2.20. The van der Waals surface area contributed by atoms with Crippen molar-refractivity contribution < 1.29 is 0 Å². The molecule has 1 aromatic heterocycles. The summed E-state index contributed by atoms with van der Waals surface area (Å²) >= 11 is 0. The smallest absolute Gasteiger partial charge is 0.303 e. The van der Waals surface area contributed by atoms with Crippen molar-refractivity contribution in [3.05, 3.63) is 56.4 Å². The lowest BCUT2D eigenvalue weighted by molar-refractivity contribution is 0.321. The van der Waals surface area contributed by atoms with E-state index in [1.165, 1.54) is 17.2 Å². The number of nitrogens with zero attached hydrogens (tertiary/aromatic N) is 3. The molecule has 0 N–H and O–H groups in total. The summed E-state index contributed by atoms with van der Waals surface area (Å²) in [5.41, 5.74) is 2.73. The summed E-state index contributed by atoms with van der Waals surface area (Å²) in [7, 11) is 7.26. The van der Waals surface area contributed by atoms with Gasteiger partial charge in [-0.25, -0.2) is 4.79 Å². The summed E-state index contributed by atoms with van der Waals surface area (Å²) in [5.74, 6) is 0. The molecule has 22 heavy (non-hydrogen) atoms. The van der Waals surface area contributed by atoms with Crippen LogP contribution in [-0.4, -0.2) is 28.1 Å². The second-order valence-electron chi connectivity index (χ2n) is 5.93. The zero-order chi connectivity index (χ0) is 16.6. The van der Waals surface area contributed by atoms with E-state index in [-0.39, 0.29) is 11.2 Å². The monoisotopic (exact) mass is 301 g/mol. The highest BCUT2D eigenvalue weighted by Crippen LogP contribution is 2.23. The van der Waals surface area contributed by atoms with Gasteiger partial charge in [0.15, 0.2) is 0 Å². The Morgan fingerprint density at radius 3 is 2.05 bits per heavy atom. The Hall–Kier alpha value is -2.14. The van der Waals surface area contributed by atoms with Gasteiger partial charge in [0, 0.05) is 25.8 Å². The molecule has 1 aromatic carbocycles. The Labute approximate surface area is 130 Å². The van der Waals surface area contributed by atoms with Gasteiger partial charge in [-0.2, -0.15) is 0 Å². The normalized spacial score (nSPS) is 12.7. The molecule has 0 unspecified atom stereocenters. The van der Waals surface area contributed by atoms with E-state index in [1.54, 1.807) is 14.0 Å². The minimum Gasteiger partial charge on any atom is -0.303 e. The molecule has 0 bridgehead atoms. The SMILES string of the molecule is Cc1c(-c2ccc([C@@H](C)N(C)C)cc2)c(=O)n(C)c(=O)n1C. The molecule has 0 saturated carbocycles. The molecule has 0 aliphatic carbocycles. The Balaban J connectivity index is 2.59. The Kier molecular flexibility index (Phi) is 4.37. The zero-order valence-electron chi connectivity index (χ0n) is 14.0. The maximum absolute atomic E-state index is 12.4. The van der Waals surface area contributed by atoms with Gasteiger partial charge >= 0.3 is 5.69 Å². The summed E-state index contributed by atoms with van der Waals surface area (Å²) in [6.45, 7) is 3.93. The van der Waals surface area contributed by atoms with Gasteiger partial charge in [-0.15, -0.1) is 0 Å². The van der Waals surface area contributed by atoms with Crippen LogP contribution < -0.4 is 11.2 Å². The molecule has 2 rings (SSSR count). The Morgan fingerprint density at radius 1 is 1.00 bits per heavy atom. The number of benzene rings is 1. The highest BCUT2D eigenvalue weighted by molar-refractivity contribution is 5.65. The lowest BCUT2D eigenvalue weighted by atomic mass is 10.0. The maximum atomic E-state index is 12.4. The number of aromatic nitrogens is 2. The van der Waals surface area contributed by atoms with Gasteiger partial charge in [0.2, 0.25) is 0 Å². The summed E-state index contributed by atoms with van der Waals surface area (Å²) in [5, 5.41) is 0. The third-order valence-electron chi connectivity index (χ3n) is 4.41. The van der Waals surface area contributed by atoms with E-state index < -0.39 is 0 Å². The average Bonchev–Trinajstić information content (AvgIpc) is 2.51. The minimum atomic E-state index is -0.302. The van der Waals surface area contributed by atoms with E-state index in [0.29, 0.717) is 17.3 Å². The van der Waals surface area contributed by atoms with Crippen LogP contribution in [0, 0.1) is 6.92 Å². The van der Waals surface area contributed by atoms with Gasteiger partial charge in [0.25, 0.3) is 5.56 Å². The molecule has 0 radical (unpaired) electrons. The van der Waals surface area contributed by atoms with Crippen molar-refractivity contribution in [1.82, 2.24) is 14.0 Å². The minimum absolute atomic E-state index is 0.256. The summed E-state index contributed by atoms with van der Waals surface area (Å²) < 4.78 is 2.66. The van der Waals surface area contributed by atoms with Gasteiger partial charge < -0.3 is 9.47 Å². The van der Waals surface area contributed by atoms with Crippen LogP contribution in [0.1, 0.15) is 24.2 Å². The fourth-order valence-corrected chi connectivity index (χ4v) is 2.50. The van der Waals surface area contributed by atoms with Gasteiger partial charge in [-0.05, 0) is 39.1 Å². The number of hydrogen-bond donors (Lipinski definition) is 0. The van der Waals surface area contributed by atoms with Crippen LogP contribution >= 0.6 is 0 Å². The predicted molar refractivity (Wildman–Crippen MR) is 89.2 cm³/mol. The third-order valence-corrected chi connectivity index (χ3v) is 4.41. The second-order valence-corrected chi connectivity index (χ2v) is 5.93. The van der Waals surface area contributed by atoms with Crippen LogP contribution in [-0.2, 0) is 14.1 Å². The first-order valence-electron chi connectivity index (χ1n) is 7.29. The molecule has 0 fully saturated rings. The summed E-state index contributed by atoms with van der Waals surface area (Å²) in [4.78, 5) is 26.5. The van der Waals surface area contributed by atoms with E-state index in [9.17, 15) is 9.59 Å². The summed E-state index contributed by atoms with van der Waals surface area (Å²) in [6, 6.07) is 8.26. The van der Waals surface area contributed by atoms with Crippen LogP contribution in [0.25, 0.3) is 11.1 Å². The highest BCUT2D eigenvalue weighted by Gasteiger charge is 2.15. The molecule has 2 aromatic rings. The van der Waals surface area contributed by atoms with Gasteiger partial charge in [-0.1, -0.05) is 24.3 Å². The van der Waals surface area contributed by atoms with Gasteiger partial charge in [0.05, 0.1) is 5.56 Å². The molecule has 1 heterocycles. The second kappa shape index (κ2) is 5.93. The quantitative estimate of drug-likeness (QED) is 0.866. The van der Waals surface area contributed by atoms with E-state index in [0.717, 1.165) is 10.1 Å². The molecule has 0 spiro atoms. The van der Waals surface area contributed by atoms with Crippen LogP contribution in [0.3, 0.4) is 0 Å². The molecule has 0 aliphatic rings. The number of rotatable bonds is 3. The Bertz CT molecular complexity index is 798. The van der Waals surface area contributed by atoms with Gasteiger partial charge in [0.1, 0.15) is 0 Å². The molecular formula is C17H23N3O2. The van der Waals surface area contributed by atoms with Crippen molar-refractivity contribution in [2.45, 2.75) is 19.9 Å². The number of hydrogen-bond acceptors (Lipinski definition) is 3. The lowest BCUT2D eigenvalue weighted by Crippen LogP contribution is -2.39. The molecular weight excluding hydrogens is 278 g/mol. The van der Waals surface area contributed by atoms with Crippen LogP contribution in [0.2, 0.25) is 0 Å². The molecule has 1 atom stereocenters. The Morgan fingerprint density at radius 2 is 1.55 bits per heavy atom. The predicted octanol–water partition coefficient (Wildman–Crippen LogP) is 1.68. The van der Waals surface area contributed by atoms with Crippen molar-refractivity contribution in [3.63, 3.8) is 0 Å². The third kappa shape index (κ3) is 2.64. The highest BCUT2D eigenvalue weighted by atomic mass is 16.2. The topological polar surface area (TPSA) is 47.2 Å². The largest absolute Gasteiger partial charge is 0.330 e. The van der Waals surface area contributed by atoms with Crippen molar-refractivity contribution in [1.29, 1.82) is 0 Å². The van der Waals surface area contributed by atoms with Crippen LogP contribution in [0.15, 0.2) is 33.9 Å². The molecule has 0 saturated heterocycles.